The SMILES string of the molecule is Bc1cccc2c(C3=C4C=CC=C[C@H]4C(c4ccc5ccccc5c4)c4ccccc43)cccc12. The quantitative estimate of drug-likeness (QED) is 0.259. The predicted molar refractivity (Wildman–Crippen MR) is 152 cm³/mol. The standard InChI is InChI=1S/C34H25B/c35-32-18-8-15-25-26(32)16-7-17-27(25)34-30-13-5-3-11-28(30)33(29-12-4-6-14-31(29)34)24-20-19-22-9-1-2-10-23(22)21-24/h1-21,28,33H,35H2/t28-,33?/m1/s1. The lowest BCUT2D eigenvalue weighted by molar-refractivity contribution is 0.649. The molecule has 1 heteroatoms. The van der Waals surface area contributed by atoms with Gasteiger partial charge in [-0.1, -0.05) is 133 Å². The Labute approximate surface area is 207 Å². The molecule has 0 nitrogen and oxygen atoms in total. The zero-order valence-corrected chi connectivity index (χ0v) is 19.8. The molecule has 0 aromatic heterocycles. The summed E-state index contributed by atoms with van der Waals surface area (Å²) in [5.74, 6) is 0.582. The molecule has 0 spiro atoms. The van der Waals surface area contributed by atoms with Crippen molar-refractivity contribution >= 4 is 40.4 Å². The second-order valence-electron chi connectivity index (χ2n) is 9.75. The minimum atomic E-state index is 0.285. The van der Waals surface area contributed by atoms with E-state index in [1.807, 2.05) is 0 Å². The maximum atomic E-state index is 2.40. The van der Waals surface area contributed by atoms with Gasteiger partial charge in [-0.15, -0.1) is 0 Å². The molecule has 0 heterocycles. The van der Waals surface area contributed by atoms with E-state index in [0.29, 0.717) is 5.92 Å². The molecule has 35 heavy (non-hydrogen) atoms. The zero-order chi connectivity index (χ0) is 23.4. The molecule has 0 N–H and O–H groups in total. The molecule has 0 radical (unpaired) electrons. The van der Waals surface area contributed by atoms with E-state index < -0.39 is 0 Å². The van der Waals surface area contributed by atoms with Gasteiger partial charge in [-0.2, -0.15) is 0 Å². The number of fused-ring (bicyclic) bond motifs is 4. The fraction of sp³-hybridized carbons (Fsp3) is 0.0588. The summed E-state index contributed by atoms with van der Waals surface area (Å²) < 4.78 is 0. The summed E-state index contributed by atoms with van der Waals surface area (Å²) in [6.45, 7) is 0. The summed E-state index contributed by atoms with van der Waals surface area (Å²) in [5.41, 5.74) is 9.59. The zero-order valence-electron chi connectivity index (χ0n) is 19.8. The van der Waals surface area contributed by atoms with Crippen LogP contribution in [0.5, 0.6) is 0 Å². The monoisotopic (exact) mass is 444 g/mol. The number of hydrogen-bond donors (Lipinski definition) is 0. The summed E-state index contributed by atoms with van der Waals surface area (Å²) in [6, 6.07) is 38.2. The van der Waals surface area contributed by atoms with Crippen molar-refractivity contribution in [2.75, 3.05) is 0 Å². The lowest BCUT2D eigenvalue weighted by Gasteiger charge is -2.37. The van der Waals surface area contributed by atoms with E-state index in [1.54, 1.807) is 0 Å². The maximum Gasteiger partial charge on any atom is 0.140 e. The Morgan fingerprint density at radius 2 is 1.37 bits per heavy atom. The lowest BCUT2D eigenvalue weighted by atomic mass is 9.66. The summed E-state index contributed by atoms with van der Waals surface area (Å²) in [5, 5.41) is 5.26. The fourth-order valence-electron chi connectivity index (χ4n) is 6.22. The summed E-state index contributed by atoms with van der Waals surface area (Å²) >= 11 is 0. The van der Waals surface area contributed by atoms with Gasteiger partial charge in [0.1, 0.15) is 7.85 Å². The largest absolute Gasteiger partial charge is 0.140 e. The number of allylic oxidation sites excluding steroid dienone is 5. The van der Waals surface area contributed by atoms with Crippen molar-refractivity contribution in [3.63, 3.8) is 0 Å². The fourth-order valence-corrected chi connectivity index (χ4v) is 6.22. The molecule has 0 saturated carbocycles. The van der Waals surface area contributed by atoms with Crippen molar-refractivity contribution in [1.82, 2.24) is 0 Å². The number of benzene rings is 5. The molecule has 2 aliphatic carbocycles. The number of rotatable bonds is 2. The van der Waals surface area contributed by atoms with Crippen molar-refractivity contribution in [3.8, 4) is 0 Å². The molecule has 2 aliphatic rings. The van der Waals surface area contributed by atoms with Gasteiger partial charge in [-0.25, -0.2) is 0 Å². The van der Waals surface area contributed by atoms with Crippen LogP contribution in [0.4, 0.5) is 0 Å². The van der Waals surface area contributed by atoms with Gasteiger partial charge in [-0.05, 0) is 54.9 Å². The Morgan fingerprint density at radius 1 is 0.600 bits per heavy atom. The average molecular weight is 444 g/mol. The van der Waals surface area contributed by atoms with Crippen LogP contribution in [0.25, 0.3) is 27.1 Å². The molecule has 1 unspecified atom stereocenters. The topological polar surface area (TPSA) is 0 Å². The van der Waals surface area contributed by atoms with Crippen molar-refractivity contribution in [1.29, 1.82) is 0 Å². The van der Waals surface area contributed by atoms with E-state index in [1.165, 1.54) is 60.4 Å². The van der Waals surface area contributed by atoms with Crippen LogP contribution in [0.1, 0.15) is 28.2 Å². The van der Waals surface area contributed by atoms with Crippen molar-refractivity contribution in [2.45, 2.75) is 5.92 Å². The summed E-state index contributed by atoms with van der Waals surface area (Å²) in [6.07, 6.45) is 9.18. The first kappa shape index (κ1) is 20.3. The van der Waals surface area contributed by atoms with E-state index >= 15 is 0 Å². The van der Waals surface area contributed by atoms with Gasteiger partial charge >= 0.3 is 0 Å². The van der Waals surface area contributed by atoms with Crippen LogP contribution < -0.4 is 5.46 Å². The molecule has 0 aliphatic heterocycles. The molecular formula is C34H25B. The van der Waals surface area contributed by atoms with Crippen LogP contribution in [-0.4, -0.2) is 7.85 Å². The van der Waals surface area contributed by atoms with Crippen LogP contribution in [0.3, 0.4) is 0 Å². The molecule has 0 bridgehead atoms. The van der Waals surface area contributed by atoms with Gasteiger partial charge in [0, 0.05) is 11.8 Å². The Morgan fingerprint density at radius 3 is 2.31 bits per heavy atom. The van der Waals surface area contributed by atoms with Gasteiger partial charge in [0.25, 0.3) is 0 Å². The first-order valence-electron chi connectivity index (χ1n) is 12.5. The average Bonchev–Trinajstić information content (AvgIpc) is 2.91. The van der Waals surface area contributed by atoms with Gasteiger partial charge in [0.15, 0.2) is 0 Å². The molecule has 5 aromatic carbocycles. The van der Waals surface area contributed by atoms with Crippen molar-refractivity contribution < 1.29 is 0 Å². The van der Waals surface area contributed by atoms with Crippen LogP contribution >= 0.6 is 0 Å². The number of hydrogen-bond acceptors (Lipinski definition) is 0. The second kappa shape index (κ2) is 7.99. The highest BCUT2D eigenvalue weighted by molar-refractivity contribution is 6.39. The van der Waals surface area contributed by atoms with Crippen LogP contribution in [0.15, 0.2) is 133 Å². The summed E-state index contributed by atoms with van der Waals surface area (Å²) in [7, 11) is 2.21. The molecule has 0 amide bonds. The lowest BCUT2D eigenvalue weighted by Crippen LogP contribution is -2.23. The van der Waals surface area contributed by atoms with E-state index in [4.69, 9.17) is 0 Å². The van der Waals surface area contributed by atoms with Gasteiger partial charge in [-0.3, -0.25) is 0 Å². The van der Waals surface area contributed by atoms with Gasteiger partial charge < -0.3 is 0 Å². The highest BCUT2D eigenvalue weighted by atomic mass is 14.4. The Hall–Kier alpha value is -4.10. The normalized spacial score (nSPS) is 18.6. The molecule has 0 fully saturated rings. The van der Waals surface area contributed by atoms with E-state index in [-0.39, 0.29) is 5.92 Å². The highest BCUT2D eigenvalue weighted by Crippen LogP contribution is 2.51. The van der Waals surface area contributed by atoms with Gasteiger partial charge in [0.2, 0.25) is 0 Å². The van der Waals surface area contributed by atoms with Gasteiger partial charge in [0.05, 0.1) is 0 Å². The van der Waals surface area contributed by atoms with E-state index in [0.717, 1.165) is 0 Å². The smallest absolute Gasteiger partial charge is 0.0813 e. The second-order valence-corrected chi connectivity index (χ2v) is 9.75. The molecule has 0 saturated heterocycles. The molecule has 2 atom stereocenters. The van der Waals surface area contributed by atoms with E-state index in [9.17, 15) is 0 Å². The molecule has 5 aromatic rings. The Balaban J connectivity index is 1.52. The minimum Gasteiger partial charge on any atom is -0.0813 e. The van der Waals surface area contributed by atoms with Crippen molar-refractivity contribution in [3.05, 3.63) is 155 Å². The first-order valence-corrected chi connectivity index (χ1v) is 12.5. The van der Waals surface area contributed by atoms with Crippen molar-refractivity contribution in [2.24, 2.45) is 5.92 Å². The van der Waals surface area contributed by atoms with E-state index in [2.05, 4.69) is 135 Å². The first-order chi connectivity index (χ1) is 17.3. The van der Waals surface area contributed by atoms with Crippen LogP contribution in [0.2, 0.25) is 0 Å². The maximum absolute atomic E-state index is 2.40. The third-order valence-electron chi connectivity index (χ3n) is 7.82. The Kier molecular flexibility index (Phi) is 4.64. The molecular weight excluding hydrogens is 419 g/mol. The van der Waals surface area contributed by atoms with Crippen LogP contribution in [0, 0.1) is 5.92 Å². The Bertz CT molecular complexity index is 1720. The highest BCUT2D eigenvalue weighted by Gasteiger charge is 2.35. The third-order valence-corrected chi connectivity index (χ3v) is 7.82. The molecule has 7 rings (SSSR count). The predicted octanol–water partition coefficient (Wildman–Crippen LogP) is 6.94. The van der Waals surface area contributed by atoms with Crippen LogP contribution in [-0.2, 0) is 0 Å². The minimum absolute atomic E-state index is 0.285. The molecule has 164 valence electrons. The third kappa shape index (κ3) is 3.16. The summed E-state index contributed by atoms with van der Waals surface area (Å²) in [4.78, 5) is 0.